The summed E-state index contributed by atoms with van der Waals surface area (Å²) in [5.41, 5.74) is 0.193. The molecule has 6 heteroatoms. The zero-order chi connectivity index (χ0) is 15.7. The van der Waals surface area contributed by atoms with Gasteiger partial charge in [0, 0.05) is 26.1 Å². The first kappa shape index (κ1) is 15.8. The van der Waals surface area contributed by atoms with E-state index in [4.69, 9.17) is 4.74 Å². The van der Waals surface area contributed by atoms with Gasteiger partial charge in [-0.3, -0.25) is 0 Å². The Bertz CT molecular complexity index is 679. The van der Waals surface area contributed by atoms with E-state index in [1.54, 1.807) is 0 Å². The predicted molar refractivity (Wildman–Crippen MR) is 85.2 cm³/mol. The second-order valence-electron chi connectivity index (χ2n) is 5.02. The number of halogens is 3. The molecule has 3 rings (SSSR count). The van der Waals surface area contributed by atoms with E-state index >= 15 is 0 Å². The molecule has 0 saturated carbocycles. The molecule has 0 amide bonds. The molecule has 2 nitrogen and oxygen atoms in total. The van der Waals surface area contributed by atoms with Crippen LogP contribution in [0, 0.1) is 17.6 Å². The fourth-order valence-electron chi connectivity index (χ4n) is 2.44. The van der Waals surface area contributed by atoms with Crippen molar-refractivity contribution >= 4 is 27.7 Å². The van der Waals surface area contributed by atoms with Gasteiger partial charge >= 0.3 is 0 Å². The summed E-state index contributed by atoms with van der Waals surface area (Å²) in [6.07, 6.45) is 0. The lowest BCUT2D eigenvalue weighted by atomic mass is 9.96. The summed E-state index contributed by atoms with van der Waals surface area (Å²) in [4.78, 5) is 0.920. The molecule has 0 bridgehead atoms. The van der Waals surface area contributed by atoms with E-state index < -0.39 is 16.9 Å². The highest BCUT2D eigenvalue weighted by Crippen LogP contribution is 2.48. The van der Waals surface area contributed by atoms with Crippen molar-refractivity contribution < 1.29 is 18.6 Å². The van der Waals surface area contributed by atoms with Gasteiger partial charge in [-0.05, 0) is 36.4 Å². The van der Waals surface area contributed by atoms with Crippen molar-refractivity contribution in [3.63, 3.8) is 0 Å². The molecule has 0 spiro atoms. The zero-order valence-corrected chi connectivity index (χ0v) is 13.8. The molecule has 1 heterocycles. The van der Waals surface area contributed by atoms with Crippen molar-refractivity contribution in [1.82, 2.24) is 0 Å². The van der Waals surface area contributed by atoms with Crippen LogP contribution < -0.4 is 4.74 Å². The number of benzene rings is 2. The van der Waals surface area contributed by atoms with Gasteiger partial charge in [0.1, 0.15) is 5.82 Å². The minimum Gasteiger partial charge on any atom is -0.490 e. The van der Waals surface area contributed by atoms with E-state index in [1.165, 1.54) is 11.8 Å². The molecule has 0 fully saturated rings. The Morgan fingerprint density at radius 3 is 2.50 bits per heavy atom. The van der Waals surface area contributed by atoms with Gasteiger partial charge < -0.3 is 9.84 Å². The number of thioether (sulfide) groups is 1. The Labute approximate surface area is 139 Å². The molecule has 2 aromatic rings. The summed E-state index contributed by atoms with van der Waals surface area (Å²) in [5.74, 6) is -1.42. The maximum absolute atomic E-state index is 14.2. The summed E-state index contributed by atoms with van der Waals surface area (Å²) >= 11 is 4.77. The number of aliphatic hydroxyl groups is 1. The van der Waals surface area contributed by atoms with E-state index in [-0.39, 0.29) is 30.4 Å². The van der Waals surface area contributed by atoms with Gasteiger partial charge in [-0.25, -0.2) is 8.78 Å². The van der Waals surface area contributed by atoms with E-state index in [2.05, 4.69) is 15.9 Å². The number of hydrogen-bond donors (Lipinski definition) is 1. The average Bonchev–Trinajstić information content (AvgIpc) is 2.53. The fourth-order valence-corrected chi connectivity index (χ4v) is 3.98. The molecule has 1 aliphatic rings. The minimum absolute atomic E-state index is 0.0423. The highest BCUT2D eigenvalue weighted by Gasteiger charge is 2.35. The lowest BCUT2D eigenvalue weighted by Gasteiger charge is -2.32. The molecule has 1 aliphatic heterocycles. The summed E-state index contributed by atoms with van der Waals surface area (Å²) in [7, 11) is 0. The molecule has 0 aliphatic carbocycles. The molecule has 22 heavy (non-hydrogen) atoms. The Morgan fingerprint density at radius 1 is 1.14 bits per heavy atom. The molecule has 116 valence electrons. The second kappa shape index (κ2) is 6.56. The lowest BCUT2D eigenvalue weighted by molar-refractivity contribution is 0.138. The van der Waals surface area contributed by atoms with Crippen LogP contribution in [0.5, 0.6) is 5.75 Å². The molecule has 0 aromatic heterocycles. The SMILES string of the molecule is OC[C@@H]1COc2c(F)ccc(F)c2[C@H]1Sc1ccc(Br)cc1. The quantitative estimate of drug-likeness (QED) is 0.837. The van der Waals surface area contributed by atoms with Gasteiger partial charge in [0.2, 0.25) is 0 Å². The predicted octanol–water partition coefficient (Wildman–Crippen LogP) is 4.56. The monoisotopic (exact) mass is 386 g/mol. The van der Waals surface area contributed by atoms with Crippen LogP contribution in [0.2, 0.25) is 0 Å². The van der Waals surface area contributed by atoms with E-state index in [0.717, 1.165) is 21.5 Å². The standard InChI is InChI=1S/C16H13BrF2O2S/c17-10-1-3-11(4-2-10)22-16-9(7-20)8-21-15-13(19)6-5-12(18)14(15)16/h1-6,9,16,20H,7-8H2/t9-,16+/m1/s1. The third-order valence-electron chi connectivity index (χ3n) is 3.56. The van der Waals surface area contributed by atoms with Gasteiger partial charge in [0.15, 0.2) is 11.6 Å². The molecule has 0 unspecified atom stereocenters. The van der Waals surface area contributed by atoms with Crippen LogP contribution in [0.25, 0.3) is 0 Å². The summed E-state index contributed by atoms with van der Waals surface area (Å²) in [6, 6.07) is 9.74. The number of ether oxygens (including phenoxy) is 1. The zero-order valence-electron chi connectivity index (χ0n) is 11.4. The van der Waals surface area contributed by atoms with Crippen LogP contribution in [-0.4, -0.2) is 18.3 Å². The molecule has 2 aromatic carbocycles. The maximum Gasteiger partial charge on any atom is 0.165 e. The Hall–Kier alpha value is -1.11. The molecule has 2 atom stereocenters. The van der Waals surface area contributed by atoms with Gasteiger partial charge in [0.25, 0.3) is 0 Å². The van der Waals surface area contributed by atoms with Crippen LogP contribution in [0.15, 0.2) is 45.8 Å². The number of rotatable bonds is 3. The molecular weight excluding hydrogens is 374 g/mol. The first-order valence-electron chi connectivity index (χ1n) is 6.74. The van der Waals surface area contributed by atoms with Gasteiger partial charge in [0.05, 0.1) is 13.2 Å². The Morgan fingerprint density at radius 2 is 1.82 bits per heavy atom. The third-order valence-corrected chi connectivity index (χ3v) is 5.51. The summed E-state index contributed by atoms with van der Waals surface area (Å²) in [6.45, 7) is 0.0155. The average molecular weight is 387 g/mol. The maximum atomic E-state index is 14.2. The molecule has 1 N–H and O–H groups in total. The van der Waals surface area contributed by atoms with Crippen LogP contribution >= 0.6 is 27.7 Å². The first-order valence-corrected chi connectivity index (χ1v) is 8.41. The molecule has 0 saturated heterocycles. The Kier molecular flexibility index (Phi) is 4.70. The van der Waals surface area contributed by atoms with Crippen LogP contribution in [0.3, 0.4) is 0 Å². The number of hydrogen-bond acceptors (Lipinski definition) is 3. The van der Waals surface area contributed by atoms with Crippen molar-refractivity contribution in [2.24, 2.45) is 5.92 Å². The summed E-state index contributed by atoms with van der Waals surface area (Å²) in [5, 5.41) is 9.15. The fraction of sp³-hybridized carbons (Fsp3) is 0.250. The van der Waals surface area contributed by atoms with Crippen molar-refractivity contribution in [2.45, 2.75) is 10.1 Å². The van der Waals surface area contributed by atoms with E-state index in [9.17, 15) is 13.9 Å². The molecular formula is C16H13BrF2O2S. The molecule has 0 radical (unpaired) electrons. The normalized spacial score (nSPS) is 20.4. The second-order valence-corrected chi connectivity index (χ2v) is 7.15. The summed E-state index contributed by atoms with van der Waals surface area (Å²) < 4.78 is 34.4. The van der Waals surface area contributed by atoms with Crippen LogP contribution in [0.1, 0.15) is 10.8 Å². The van der Waals surface area contributed by atoms with Crippen molar-refractivity contribution in [3.05, 3.63) is 58.1 Å². The van der Waals surface area contributed by atoms with Crippen LogP contribution in [-0.2, 0) is 0 Å². The highest BCUT2D eigenvalue weighted by molar-refractivity contribution is 9.10. The van der Waals surface area contributed by atoms with Crippen molar-refractivity contribution in [3.8, 4) is 5.75 Å². The van der Waals surface area contributed by atoms with Gasteiger partial charge in [-0.1, -0.05) is 15.9 Å². The smallest absolute Gasteiger partial charge is 0.165 e. The highest BCUT2D eigenvalue weighted by atomic mass is 79.9. The third kappa shape index (κ3) is 3.00. The van der Waals surface area contributed by atoms with E-state index in [1.807, 2.05) is 24.3 Å². The lowest BCUT2D eigenvalue weighted by Crippen LogP contribution is -2.28. The van der Waals surface area contributed by atoms with Crippen molar-refractivity contribution in [1.29, 1.82) is 0 Å². The van der Waals surface area contributed by atoms with Crippen LogP contribution in [0.4, 0.5) is 8.78 Å². The van der Waals surface area contributed by atoms with Gasteiger partial charge in [-0.2, -0.15) is 0 Å². The van der Waals surface area contributed by atoms with Gasteiger partial charge in [-0.15, -0.1) is 11.8 Å². The van der Waals surface area contributed by atoms with Crippen molar-refractivity contribution in [2.75, 3.05) is 13.2 Å². The van der Waals surface area contributed by atoms with E-state index in [0.29, 0.717) is 0 Å². The topological polar surface area (TPSA) is 29.5 Å². The minimum atomic E-state index is -0.575. The Balaban J connectivity index is 2.01. The number of fused-ring (bicyclic) bond motifs is 1. The first-order chi connectivity index (χ1) is 10.6. The largest absolute Gasteiger partial charge is 0.490 e. The number of aliphatic hydroxyl groups excluding tert-OH is 1.